The average molecular weight is 252 g/mol. The molecule has 0 aliphatic carbocycles. The lowest BCUT2D eigenvalue weighted by Gasteiger charge is -2.30. The van der Waals surface area contributed by atoms with Gasteiger partial charge in [0.15, 0.2) is 0 Å². The molecule has 7 heteroatoms. The number of halogens is 3. The minimum Gasteiger partial charge on any atom is -0.449 e. The van der Waals surface area contributed by atoms with E-state index in [1.54, 1.807) is 20.8 Å². The van der Waals surface area contributed by atoms with Gasteiger partial charge in [-0.2, -0.15) is 0 Å². The molecule has 1 fully saturated rings. The summed E-state index contributed by atoms with van der Waals surface area (Å²) in [5.74, 6) is 0. The van der Waals surface area contributed by atoms with E-state index in [0.29, 0.717) is 19.4 Å². The highest BCUT2D eigenvalue weighted by molar-refractivity contribution is 6.58. The highest BCUT2D eigenvalue weighted by Gasteiger charge is 2.37. The van der Waals surface area contributed by atoms with Gasteiger partial charge < -0.3 is 22.6 Å². The molecule has 0 bridgehead atoms. The maximum absolute atomic E-state index is 12.4. The molecule has 0 unspecified atom stereocenters. The fraction of sp³-hybridized carbons (Fsp3) is 0.900. The summed E-state index contributed by atoms with van der Waals surface area (Å²) >= 11 is 0. The normalized spacial score (nSPS) is 21.8. The van der Waals surface area contributed by atoms with Crippen molar-refractivity contribution in [3.05, 3.63) is 0 Å². The standard InChI is InChI=1S/C10H18BF3NO2/c1-10(2,3)17-9(16)15-6-4-5-8(15)7-11(12,13)14/h8H,4-7H2,1-3H3/q-1/t8-/m0/s1. The Hall–Kier alpha value is -0.875. The van der Waals surface area contributed by atoms with E-state index in [0.717, 1.165) is 0 Å². The molecular weight excluding hydrogens is 234 g/mol. The molecule has 0 aromatic carbocycles. The van der Waals surface area contributed by atoms with Crippen LogP contribution in [0, 0.1) is 0 Å². The summed E-state index contributed by atoms with van der Waals surface area (Å²) in [4.78, 5) is 12.9. The number of hydrogen-bond acceptors (Lipinski definition) is 2. The second-order valence-electron chi connectivity index (χ2n) is 5.42. The Bertz CT molecular complexity index is 288. The lowest BCUT2D eigenvalue weighted by molar-refractivity contribution is 0.0235. The Balaban J connectivity index is 2.60. The van der Waals surface area contributed by atoms with Gasteiger partial charge in [0.25, 0.3) is 0 Å². The van der Waals surface area contributed by atoms with Crippen molar-refractivity contribution >= 4 is 13.1 Å². The molecule has 0 aromatic heterocycles. The van der Waals surface area contributed by atoms with Crippen LogP contribution in [-0.4, -0.2) is 36.2 Å². The summed E-state index contributed by atoms with van der Waals surface area (Å²) in [6.07, 6.45) is -0.518. The lowest BCUT2D eigenvalue weighted by Crippen LogP contribution is -2.42. The van der Waals surface area contributed by atoms with Crippen LogP contribution < -0.4 is 0 Å². The van der Waals surface area contributed by atoms with E-state index >= 15 is 0 Å². The molecule has 0 N–H and O–H groups in total. The zero-order valence-electron chi connectivity index (χ0n) is 10.4. The highest BCUT2D eigenvalue weighted by atomic mass is 19.4. The third-order valence-electron chi connectivity index (χ3n) is 2.54. The van der Waals surface area contributed by atoms with Gasteiger partial charge in [-0.25, -0.2) is 4.79 Å². The van der Waals surface area contributed by atoms with E-state index in [4.69, 9.17) is 4.74 Å². The van der Waals surface area contributed by atoms with Crippen molar-refractivity contribution in [1.82, 2.24) is 4.90 Å². The van der Waals surface area contributed by atoms with Crippen molar-refractivity contribution < 1.29 is 22.5 Å². The number of carbonyl (C=O) groups is 1. The quantitative estimate of drug-likeness (QED) is 0.706. The van der Waals surface area contributed by atoms with Crippen LogP contribution in [0.15, 0.2) is 0 Å². The molecule has 1 aliphatic rings. The van der Waals surface area contributed by atoms with Crippen LogP contribution in [0.1, 0.15) is 33.6 Å². The average Bonchev–Trinajstić information content (AvgIpc) is 2.45. The summed E-state index contributed by atoms with van der Waals surface area (Å²) in [5.41, 5.74) is -0.673. The molecule has 0 aromatic rings. The third-order valence-corrected chi connectivity index (χ3v) is 2.54. The number of carbonyl (C=O) groups excluding carboxylic acids is 1. The molecule has 1 rings (SSSR count). The molecular formula is C10H18BF3NO2-. The summed E-state index contributed by atoms with van der Waals surface area (Å²) in [7, 11) is 0. The Kier molecular flexibility index (Phi) is 3.99. The van der Waals surface area contributed by atoms with Gasteiger partial charge in [0.2, 0.25) is 0 Å². The number of rotatable bonds is 2. The third kappa shape index (κ3) is 4.87. The van der Waals surface area contributed by atoms with Crippen LogP contribution >= 0.6 is 0 Å². The van der Waals surface area contributed by atoms with E-state index in [2.05, 4.69) is 0 Å². The number of ether oxygens (including phenoxy) is 1. The van der Waals surface area contributed by atoms with Gasteiger partial charge in [-0.1, -0.05) is 6.32 Å². The second kappa shape index (κ2) is 4.78. The van der Waals surface area contributed by atoms with Gasteiger partial charge in [0.1, 0.15) is 5.60 Å². The van der Waals surface area contributed by atoms with Gasteiger partial charge >= 0.3 is 13.1 Å². The fourth-order valence-corrected chi connectivity index (χ4v) is 1.95. The van der Waals surface area contributed by atoms with Crippen LogP contribution in [0.3, 0.4) is 0 Å². The Morgan fingerprint density at radius 1 is 1.41 bits per heavy atom. The monoisotopic (exact) mass is 252 g/mol. The second-order valence-corrected chi connectivity index (χ2v) is 5.42. The molecule has 0 radical (unpaired) electrons. The summed E-state index contributed by atoms with van der Waals surface area (Å²) in [6, 6.07) is -0.746. The topological polar surface area (TPSA) is 29.5 Å². The lowest BCUT2D eigenvalue weighted by atomic mass is 9.81. The number of nitrogens with zero attached hydrogens (tertiary/aromatic N) is 1. The van der Waals surface area contributed by atoms with Gasteiger partial charge in [-0.15, -0.1) is 0 Å². The number of likely N-dealkylation sites (tertiary alicyclic amines) is 1. The maximum Gasteiger partial charge on any atom is 0.480 e. The molecule has 1 atom stereocenters. The van der Waals surface area contributed by atoms with Crippen LogP contribution in [0.4, 0.5) is 17.7 Å². The zero-order chi connectivity index (χ0) is 13.3. The predicted molar refractivity (Wildman–Crippen MR) is 59.8 cm³/mol. The molecule has 1 saturated heterocycles. The predicted octanol–water partition coefficient (Wildman–Crippen LogP) is 3.23. The van der Waals surface area contributed by atoms with Crippen molar-refractivity contribution in [3.8, 4) is 0 Å². The maximum atomic E-state index is 12.4. The van der Waals surface area contributed by atoms with Crippen LogP contribution in [0.2, 0.25) is 6.32 Å². The van der Waals surface area contributed by atoms with Crippen molar-refractivity contribution in [2.45, 2.75) is 51.6 Å². The van der Waals surface area contributed by atoms with Crippen molar-refractivity contribution in [1.29, 1.82) is 0 Å². The Morgan fingerprint density at radius 2 is 2.00 bits per heavy atom. The van der Waals surface area contributed by atoms with Gasteiger partial charge in [0, 0.05) is 12.6 Å². The first kappa shape index (κ1) is 14.2. The largest absolute Gasteiger partial charge is 0.480 e. The van der Waals surface area contributed by atoms with E-state index in [1.165, 1.54) is 4.90 Å². The van der Waals surface area contributed by atoms with Crippen molar-refractivity contribution in [3.63, 3.8) is 0 Å². The van der Waals surface area contributed by atoms with Crippen molar-refractivity contribution in [2.24, 2.45) is 0 Å². The molecule has 1 heterocycles. The number of hydrogen-bond donors (Lipinski definition) is 0. The molecule has 17 heavy (non-hydrogen) atoms. The van der Waals surface area contributed by atoms with Crippen LogP contribution in [0.25, 0.3) is 0 Å². The summed E-state index contributed by atoms with van der Waals surface area (Å²) < 4.78 is 42.2. The van der Waals surface area contributed by atoms with E-state index in [1.807, 2.05) is 0 Å². The summed E-state index contributed by atoms with van der Waals surface area (Å²) in [6.45, 7) is 0.587. The molecule has 1 aliphatic heterocycles. The first-order chi connectivity index (χ1) is 7.58. The Morgan fingerprint density at radius 3 is 2.47 bits per heavy atom. The smallest absolute Gasteiger partial charge is 0.449 e. The van der Waals surface area contributed by atoms with Gasteiger partial charge in [-0.05, 0) is 33.6 Å². The minimum absolute atomic E-state index is 0.353. The minimum atomic E-state index is -4.86. The molecule has 100 valence electrons. The highest BCUT2D eigenvalue weighted by Crippen LogP contribution is 2.29. The van der Waals surface area contributed by atoms with E-state index in [-0.39, 0.29) is 0 Å². The number of amides is 1. The van der Waals surface area contributed by atoms with Crippen LogP contribution in [-0.2, 0) is 4.74 Å². The van der Waals surface area contributed by atoms with Gasteiger partial charge in [-0.3, -0.25) is 0 Å². The molecule has 1 amide bonds. The zero-order valence-corrected chi connectivity index (χ0v) is 10.4. The van der Waals surface area contributed by atoms with E-state index in [9.17, 15) is 17.7 Å². The first-order valence-electron chi connectivity index (χ1n) is 5.79. The Labute approximate surface area is 99.4 Å². The molecule has 0 saturated carbocycles. The van der Waals surface area contributed by atoms with E-state index < -0.39 is 31.0 Å². The molecule has 0 spiro atoms. The van der Waals surface area contributed by atoms with Gasteiger partial charge in [0.05, 0.1) is 0 Å². The van der Waals surface area contributed by atoms with Crippen LogP contribution in [0.5, 0.6) is 0 Å². The summed E-state index contributed by atoms with van der Waals surface area (Å²) in [5, 5.41) is 0. The molecule has 3 nitrogen and oxygen atoms in total. The first-order valence-corrected chi connectivity index (χ1v) is 5.79. The fourth-order valence-electron chi connectivity index (χ4n) is 1.95. The van der Waals surface area contributed by atoms with Crippen molar-refractivity contribution in [2.75, 3.05) is 6.54 Å². The SMILES string of the molecule is CC(C)(C)OC(=O)N1CCC[C@H]1C[B-](F)(F)F.